The second-order valence-corrected chi connectivity index (χ2v) is 5.65. The van der Waals surface area contributed by atoms with Crippen LogP contribution in [0.4, 0.5) is 0 Å². The maximum absolute atomic E-state index is 3.69. The highest BCUT2D eigenvalue weighted by Gasteiger charge is 2.27. The van der Waals surface area contributed by atoms with Gasteiger partial charge in [-0.1, -0.05) is 6.92 Å². The van der Waals surface area contributed by atoms with Crippen molar-refractivity contribution in [3.05, 3.63) is 0 Å². The van der Waals surface area contributed by atoms with Gasteiger partial charge in [0.25, 0.3) is 0 Å². The van der Waals surface area contributed by atoms with E-state index in [-0.39, 0.29) is 0 Å². The molecule has 15 heavy (non-hydrogen) atoms. The predicted molar refractivity (Wildman–Crippen MR) is 65.0 cm³/mol. The summed E-state index contributed by atoms with van der Waals surface area (Å²) in [6.07, 6.45) is 5.74. The van der Waals surface area contributed by atoms with Crippen molar-refractivity contribution in [3.8, 4) is 0 Å². The van der Waals surface area contributed by atoms with Crippen molar-refractivity contribution < 1.29 is 0 Å². The summed E-state index contributed by atoms with van der Waals surface area (Å²) in [7, 11) is 0. The zero-order valence-corrected chi connectivity index (χ0v) is 10.3. The molecule has 1 saturated heterocycles. The molecule has 1 aliphatic carbocycles. The zero-order chi connectivity index (χ0) is 10.7. The standard InChI is InChI=1S/C13H26N2/c1-11(10-15-7-3-4-8-15)9-14-12(2)13-5-6-13/h11-14H,3-10H2,1-2H3. The van der Waals surface area contributed by atoms with E-state index < -0.39 is 0 Å². The van der Waals surface area contributed by atoms with Gasteiger partial charge in [0.1, 0.15) is 0 Å². The van der Waals surface area contributed by atoms with Gasteiger partial charge < -0.3 is 10.2 Å². The molecule has 2 nitrogen and oxygen atoms in total. The largest absolute Gasteiger partial charge is 0.314 e. The van der Waals surface area contributed by atoms with Crippen molar-refractivity contribution in [2.45, 2.75) is 45.6 Å². The number of nitrogens with one attached hydrogen (secondary N) is 1. The first-order valence-electron chi connectivity index (χ1n) is 6.71. The maximum Gasteiger partial charge on any atom is 0.00671 e. The lowest BCUT2D eigenvalue weighted by molar-refractivity contribution is 0.276. The minimum atomic E-state index is 0.756. The Morgan fingerprint density at radius 1 is 1.20 bits per heavy atom. The highest BCUT2D eigenvalue weighted by Crippen LogP contribution is 2.32. The summed E-state index contributed by atoms with van der Waals surface area (Å²) in [6.45, 7) is 9.90. The Morgan fingerprint density at radius 2 is 1.87 bits per heavy atom. The number of hydrogen-bond acceptors (Lipinski definition) is 2. The Morgan fingerprint density at radius 3 is 2.47 bits per heavy atom. The normalized spacial score (nSPS) is 26.8. The van der Waals surface area contributed by atoms with E-state index in [2.05, 4.69) is 24.1 Å². The molecule has 1 heterocycles. The molecule has 88 valence electrons. The van der Waals surface area contributed by atoms with Gasteiger partial charge in [-0.3, -0.25) is 0 Å². The summed E-state index contributed by atoms with van der Waals surface area (Å²) < 4.78 is 0. The second-order valence-electron chi connectivity index (χ2n) is 5.65. The van der Waals surface area contributed by atoms with Gasteiger partial charge in [-0.2, -0.15) is 0 Å². The van der Waals surface area contributed by atoms with Gasteiger partial charge in [0.2, 0.25) is 0 Å². The van der Waals surface area contributed by atoms with Crippen LogP contribution in [-0.4, -0.2) is 37.1 Å². The third kappa shape index (κ3) is 3.76. The van der Waals surface area contributed by atoms with Gasteiger partial charge in [0.05, 0.1) is 0 Å². The lowest BCUT2D eigenvalue weighted by Gasteiger charge is -2.22. The minimum absolute atomic E-state index is 0.756. The van der Waals surface area contributed by atoms with Crippen LogP contribution < -0.4 is 5.32 Å². The first-order valence-corrected chi connectivity index (χ1v) is 6.71. The monoisotopic (exact) mass is 210 g/mol. The molecule has 2 fully saturated rings. The third-order valence-corrected chi connectivity index (χ3v) is 3.89. The van der Waals surface area contributed by atoms with Crippen molar-refractivity contribution in [3.63, 3.8) is 0 Å². The van der Waals surface area contributed by atoms with Gasteiger partial charge in [0.15, 0.2) is 0 Å². The molecule has 0 aromatic heterocycles. The molecule has 1 aliphatic heterocycles. The fourth-order valence-electron chi connectivity index (χ4n) is 2.62. The summed E-state index contributed by atoms with van der Waals surface area (Å²) in [5.74, 6) is 1.80. The van der Waals surface area contributed by atoms with Gasteiger partial charge in [-0.05, 0) is 64.1 Å². The Balaban J connectivity index is 1.56. The summed E-state index contributed by atoms with van der Waals surface area (Å²) in [4.78, 5) is 2.62. The summed E-state index contributed by atoms with van der Waals surface area (Å²) in [5.41, 5.74) is 0. The topological polar surface area (TPSA) is 15.3 Å². The first-order chi connectivity index (χ1) is 7.25. The van der Waals surface area contributed by atoms with Gasteiger partial charge in [-0.15, -0.1) is 0 Å². The van der Waals surface area contributed by atoms with E-state index in [1.165, 1.54) is 51.9 Å². The molecule has 2 aliphatic rings. The SMILES string of the molecule is CC(CNC(C)C1CC1)CN1CCCC1. The molecule has 2 unspecified atom stereocenters. The fourth-order valence-corrected chi connectivity index (χ4v) is 2.62. The molecule has 0 aromatic rings. The Labute approximate surface area is 94.4 Å². The van der Waals surface area contributed by atoms with Crippen molar-refractivity contribution in [1.82, 2.24) is 10.2 Å². The van der Waals surface area contributed by atoms with E-state index in [0.717, 1.165) is 17.9 Å². The summed E-state index contributed by atoms with van der Waals surface area (Å²) >= 11 is 0. The maximum atomic E-state index is 3.69. The molecule has 0 aromatic carbocycles. The van der Waals surface area contributed by atoms with Crippen LogP contribution in [-0.2, 0) is 0 Å². The number of rotatable bonds is 6. The molecule has 2 heteroatoms. The fraction of sp³-hybridized carbons (Fsp3) is 1.00. The van der Waals surface area contributed by atoms with E-state index >= 15 is 0 Å². The Hall–Kier alpha value is -0.0800. The Kier molecular flexibility index (Phi) is 4.04. The lowest BCUT2D eigenvalue weighted by atomic mass is 10.1. The number of hydrogen-bond donors (Lipinski definition) is 1. The van der Waals surface area contributed by atoms with E-state index in [1.807, 2.05) is 0 Å². The van der Waals surface area contributed by atoms with Crippen LogP contribution in [0.3, 0.4) is 0 Å². The van der Waals surface area contributed by atoms with Crippen molar-refractivity contribution >= 4 is 0 Å². The van der Waals surface area contributed by atoms with Crippen LogP contribution in [0.15, 0.2) is 0 Å². The lowest BCUT2D eigenvalue weighted by Crippen LogP contribution is -2.36. The van der Waals surface area contributed by atoms with Crippen LogP contribution in [0, 0.1) is 11.8 Å². The number of nitrogens with zero attached hydrogens (tertiary/aromatic N) is 1. The van der Waals surface area contributed by atoms with Crippen molar-refractivity contribution in [1.29, 1.82) is 0 Å². The van der Waals surface area contributed by atoms with Gasteiger partial charge >= 0.3 is 0 Å². The van der Waals surface area contributed by atoms with Crippen LogP contribution >= 0.6 is 0 Å². The number of likely N-dealkylation sites (tertiary alicyclic amines) is 1. The first kappa shape index (κ1) is 11.4. The van der Waals surface area contributed by atoms with E-state index in [4.69, 9.17) is 0 Å². The van der Waals surface area contributed by atoms with Gasteiger partial charge in [-0.25, -0.2) is 0 Å². The molecule has 0 spiro atoms. The summed E-state index contributed by atoms with van der Waals surface area (Å²) in [6, 6.07) is 0.756. The van der Waals surface area contributed by atoms with Crippen molar-refractivity contribution in [2.75, 3.05) is 26.2 Å². The second kappa shape index (κ2) is 5.31. The molecular formula is C13H26N2. The minimum Gasteiger partial charge on any atom is -0.314 e. The highest BCUT2D eigenvalue weighted by molar-refractivity contribution is 4.83. The smallest absolute Gasteiger partial charge is 0.00671 e. The molecule has 0 bridgehead atoms. The zero-order valence-electron chi connectivity index (χ0n) is 10.3. The van der Waals surface area contributed by atoms with Gasteiger partial charge in [0, 0.05) is 12.6 Å². The van der Waals surface area contributed by atoms with E-state index in [1.54, 1.807) is 0 Å². The highest BCUT2D eigenvalue weighted by atomic mass is 15.1. The molecule has 2 atom stereocenters. The van der Waals surface area contributed by atoms with E-state index in [9.17, 15) is 0 Å². The van der Waals surface area contributed by atoms with Crippen LogP contribution in [0.5, 0.6) is 0 Å². The average molecular weight is 210 g/mol. The molecule has 1 saturated carbocycles. The molecule has 1 N–H and O–H groups in total. The molecular weight excluding hydrogens is 184 g/mol. The molecule has 0 amide bonds. The average Bonchev–Trinajstić information content (AvgIpc) is 2.95. The third-order valence-electron chi connectivity index (χ3n) is 3.89. The van der Waals surface area contributed by atoms with Crippen molar-refractivity contribution in [2.24, 2.45) is 11.8 Å². The van der Waals surface area contributed by atoms with Crippen LogP contribution in [0.1, 0.15) is 39.5 Å². The van der Waals surface area contributed by atoms with Crippen LogP contribution in [0.25, 0.3) is 0 Å². The predicted octanol–water partition coefficient (Wildman–Crippen LogP) is 2.11. The summed E-state index contributed by atoms with van der Waals surface area (Å²) in [5, 5.41) is 3.69. The quantitative estimate of drug-likeness (QED) is 0.722. The van der Waals surface area contributed by atoms with E-state index in [0.29, 0.717) is 0 Å². The molecule has 0 radical (unpaired) electrons. The van der Waals surface area contributed by atoms with Crippen LogP contribution in [0.2, 0.25) is 0 Å². The molecule has 2 rings (SSSR count). The Bertz CT molecular complexity index is 183.